The molecule has 1 aromatic carbocycles. The van der Waals surface area contributed by atoms with E-state index in [1.54, 1.807) is 23.1 Å². The van der Waals surface area contributed by atoms with Gasteiger partial charge in [0.1, 0.15) is 17.5 Å². The van der Waals surface area contributed by atoms with Gasteiger partial charge in [0.2, 0.25) is 5.91 Å². The number of hydrogen-bond donors (Lipinski definition) is 1. The minimum Gasteiger partial charge on any atom is -0.489 e. The lowest BCUT2D eigenvalue weighted by atomic mass is 10.1. The number of nitrogens with zero attached hydrogens (tertiary/aromatic N) is 1. The molecule has 1 saturated heterocycles. The van der Waals surface area contributed by atoms with Crippen LogP contribution in [0.3, 0.4) is 0 Å². The van der Waals surface area contributed by atoms with Crippen LogP contribution < -0.4 is 10.5 Å². The average Bonchev–Trinajstić information content (AvgIpc) is 2.48. The van der Waals surface area contributed by atoms with Gasteiger partial charge in [0.15, 0.2) is 0 Å². The smallest absolute Gasteiger partial charge is 0.410 e. The molecular formula is C17H23BrN2O4. The zero-order valence-electron chi connectivity index (χ0n) is 14.2. The van der Waals surface area contributed by atoms with E-state index in [0.29, 0.717) is 28.9 Å². The van der Waals surface area contributed by atoms with E-state index in [1.165, 1.54) is 0 Å². The lowest BCUT2D eigenvalue weighted by molar-refractivity contribution is 0.0126. The highest BCUT2D eigenvalue weighted by Crippen LogP contribution is 2.29. The first-order chi connectivity index (χ1) is 11.2. The fourth-order valence-corrected chi connectivity index (χ4v) is 2.88. The molecule has 1 aromatic rings. The number of nitrogens with two attached hydrogens (primary N) is 1. The van der Waals surface area contributed by atoms with Gasteiger partial charge in [-0.25, -0.2) is 4.79 Å². The summed E-state index contributed by atoms with van der Waals surface area (Å²) >= 11 is 3.39. The van der Waals surface area contributed by atoms with Crippen molar-refractivity contribution in [3.05, 3.63) is 28.2 Å². The number of piperidine rings is 1. The van der Waals surface area contributed by atoms with Gasteiger partial charge in [-0.2, -0.15) is 0 Å². The number of ether oxygens (including phenoxy) is 2. The highest BCUT2D eigenvalue weighted by atomic mass is 79.9. The van der Waals surface area contributed by atoms with Gasteiger partial charge in [-0.3, -0.25) is 4.79 Å². The minimum absolute atomic E-state index is 0.0133. The van der Waals surface area contributed by atoms with E-state index in [1.807, 2.05) is 20.8 Å². The number of primary amides is 1. The van der Waals surface area contributed by atoms with Gasteiger partial charge in [-0.1, -0.05) is 0 Å². The van der Waals surface area contributed by atoms with Crippen LogP contribution in [-0.2, 0) is 4.74 Å². The van der Waals surface area contributed by atoms with E-state index < -0.39 is 11.5 Å². The largest absolute Gasteiger partial charge is 0.489 e. The molecule has 132 valence electrons. The van der Waals surface area contributed by atoms with Gasteiger partial charge < -0.3 is 20.1 Å². The third-order valence-corrected chi connectivity index (χ3v) is 4.22. The Hall–Kier alpha value is -1.76. The molecule has 7 heteroatoms. The zero-order valence-corrected chi connectivity index (χ0v) is 15.8. The summed E-state index contributed by atoms with van der Waals surface area (Å²) in [6, 6.07) is 5.01. The molecule has 0 atom stereocenters. The van der Waals surface area contributed by atoms with E-state index in [-0.39, 0.29) is 12.2 Å². The number of hydrogen-bond acceptors (Lipinski definition) is 4. The number of amides is 2. The van der Waals surface area contributed by atoms with Crippen LogP contribution in [0.4, 0.5) is 4.79 Å². The second kappa shape index (κ2) is 7.42. The molecule has 2 amide bonds. The predicted octanol–water partition coefficient (Wildman–Crippen LogP) is 3.33. The highest BCUT2D eigenvalue weighted by molar-refractivity contribution is 9.10. The Bertz CT molecular complexity index is 620. The number of carbonyl (C=O) groups is 2. The maximum absolute atomic E-state index is 12.0. The molecule has 0 saturated carbocycles. The van der Waals surface area contributed by atoms with Crippen LogP contribution >= 0.6 is 15.9 Å². The summed E-state index contributed by atoms with van der Waals surface area (Å²) in [5.74, 6) is 0.184. The number of rotatable bonds is 3. The molecule has 2 rings (SSSR count). The number of carbonyl (C=O) groups excluding carboxylic acids is 2. The Labute approximate surface area is 150 Å². The maximum atomic E-state index is 12.0. The van der Waals surface area contributed by atoms with Crippen LogP contribution in [0.1, 0.15) is 44.0 Å². The summed E-state index contributed by atoms with van der Waals surface area (Å²) in [7, 11) is 0. The van der Waals surface area contributed by atoms with Gasteiger partial charge in [0, 0.05) is 31.5 Å². The van der Waals surface area contributed by atoms with E-state index in [4.69, 9.17) is 15.2 Å². The van der Waals surface area contributed by atoms with Gasteiger partial charge in [0.25, 0.3) is 0 Å². The molecule has 0 unspecified atom stereocenters. The van der Waals surface area contributed by atoms with Crippen LogP contribution in [0, 0.1) is 0 Å². The van der Waals surface area contributed by atoms with E-state index in [0.717, 1.165) is 12.8 Å². The van der Waals surface area contributed by atoms with Crippen molar-refractivity contribution < 1.29 is 19.1 Å². The second-order valence-corrected chi connectivity index (χ2v) is 7.65. The Morgan fingerprint density at radius 2 is 1.88 bits per heavy atom. The fourth-order valence-electron chi connectivity index (χ4n) is 2.41. The second-order valence-electron chi connectivity index (χ2n) is 6.79. The quantitative estimate of drug-likeness (QED) is 0.846. The Morgan fingerprint density at radius 1 is 1.25 bits per heavy atom. The first-order valence-corrected chi connectivity index (χ1v) is 8.69. The van der Waals surface area contributed by atoms with Crippen molar-refractivity contribution in [2.75, 3.05) is 13.1 Å². The SMILES string of the molecule is CC(C)(C)OC(=O)N1CCC(Oc2ccc(C(N)=O)cc2Br)CC1. The van der Waals surface area contributed by atoms with Gasteiger partial charge >= 0.3 is 6.09 Å². The average molecular weight is 399 g/mol. The first-order valence-electron chi connectivity index (χ1n) is 7.89. The summed E-state index contributed by atoms with van der Waals surface area (Å²) < 4.78 is 12.0. The Balaban J connectivity index is 1.89. The topological polar surface area (TPSA) is 81.9 Å². The van der Waals surface area contributed by atoms with Crippen molar-refractivity contribution in [3.8, 4) is 5.75 Å². The Morgan fingerprint density at radius 3 is 2.38 bits per heavy atom. The third kappa shape index (κ3) is 5.12. The van der Waals surface area contributed by atoms with Crippen molar-refractivity contribution in [2.24, 2.45) is 5.73 Å². The Kier molecular flexibility index (Phi) is 5.74. The normalized spacial score (nSPS) is 15.9. The van der Waals surface area contributed by atoms with Crippen molar-refractivity contribution >= 4 is 27.9 Å². The maximum Gasteiger partial charge on any atom is 0.410 e. The molecule has 1 aliphatic rings. The van der Waals surface area contributed by atoms with E-state index in [9.17, 15) is 9.59 Å². The van der Waals surface area contributed by atoms with Crippen molar-refractivity contribution in [3.63, 3.8) is 0 Å². The molecule has 2 N–H and O–H groups in total. The van der Waals surface area contributed by atoms with Crippen LogP contribution in [0.5, 0.6) is 5.75 Å². The lowest BCUT2D eigenvalue weighted by Gasteiger charge is -2.33. The summed E-state index contributed by atoms with van der Waals surface area (Å²) in [4.78, 5) is 24.9. The molecule has 0 aliphatic carbocycles. The summed E-state index contributed by atoms with van der Waals surface area (Å²) in [6.07, 6.45) is 1.18. The van der Waals surface area contributed by atoms with Crippen LogP contribution in [-0.4, -0.2) is 41.7 Å². The first kappa shape index (κ1) is 18.6. The van der Waals surface area contributed by atoms with E-state index >= 15 is 0 Å². The number of benzene rings is 1. The van der Waals surface area contributed by atoms with Gasteiger partial charge in [0.05, 0.1) is 4.47 Å². The van der Waals surface area contributed by atoms with E-state index in [2.05, 4.69) is 15.9 Å². The van der Waals surface area contributed by atoms with Crippen LogP contribution in [0.15, 0.2) is 22.7 Å². The molecular weight excluding hydrogens is 376 g/mol. The summed E-state index contributed by atoms with van der Waals surface area (Å²) in [6.45, 7) is 6.75. The summed E-state index contributed by atoms with van der Waals surface area (Å²) in [5.41, 5.74) is 5.19. The van der Waals surface area contributed by atoms with Crippen LogP contribution in [0.2, 0.25) is 0 Å². The lowest BCUT2D eigenvalue weighted by Crippen LogP contribution is -2.44. The zero-order chi connectivity index (χ0) is 17.9. The van der Waals surface area contributed by atoms with Crippen molar-refractivity contribution in [1.29, 1.82) is 0 Å². The van der Waals surface area contributed by atoms with Crippen LogP contribution in [0.25, 0.3) is 0 Å². The third-order valence-electron chi connectivity index (χ3n) is 3.60. The van der Waals surface area contributed by atoms with Gasteiger partial charge in [-0.15, -0.1) is 0 Å². The monoisotopic (exact) mass is 398 g/mol. The molecule has 0 radical (unpaired) electrons. The summed E-state index contributed by atoms with van der Waals surface area (Å²) in [5, 5.41) is 0. The molecule has 0 spiro atoms. The molecule has 24 heavy (non-hydrogen) atoms. The number of halogens is 1. The molecule has 0 aromatic heterocycles. The molecule has 6 nitrogen and oxygen atoms in total. The van der Waals surface area contributed by atoms with Gasteiger partial charge in [-0.05, 0) is 54.9 Å². The molecule has 1 aliphatic heterocycles. The molecule has 0 bridgehead atoms. The molecule has 1 heterocycles. The minimum atomic E-state index is -0.489. The highest BCUT2D eigenvalue weighted by Gasteiger charge is 2.27. The molecule has 1 fully saturated rings. The number of likely N-dealkylation sites (tertiary alicyclic amines) is 1. The van der Waals surface area contributed by atoms with Crippen molar-refractivity contribution in [2.45, 2.75) is 45.3 Å². The predicted molar refractivity (Wildman–Crippen MR) is 94.1 cm³/mol. The fraction of sp³-hybridized carbons (Fsp3) is 0.529. The van der Waals surface area contributed by atoms with Crippen molar-refractivity contribution in [1.82, 2.24) is 4.90 Å². The standard InChI is InChI=1S/C17H23BrN2O4/c1-17(2,3)24-16(22)20-8-6-12(7-9-20)23-14-5-4-11(15(19)21)10-13(14)18/h4-5,10,12H,6-9H2,1-3H3,(H2,19,21).